The summed E-state index contributed by atoms with van der Waals surface area (Å²) in [5.41, 5.74) is 5.15. The van der Waals surface area contributed by atoms with Crippen molar-refractivity contribution in [2.75, 3.05) is 5.75 Å². The summed E-state index contributed by atoms with van der Waals surface area (Å²) in [6.07, 6.45) is 1.54. The fourth-order valence-corrected chi connectivity index (χ4v) is 4.71. The van der Waals surface area contributed by atoms with E-state index in [-0.39, 0.29) is 11.3 Å². The normalized spacial score (nSPS) is 11.9. The lowest BCUT2D eigenvalue weighted by Crippen LogP contribution is -2.29. The van der Waals surface area contributed by atoms with E-state index < -0.39 is 6.09 Å². The van der Waals surface area contributed by atoms with Crippen LogP contribution in [0.1, 0.15) is 35.9 Å². The molecule has 0 bridgehead atoms. The molecule has 2 N–H and O–H groups in total. The molecule has 0 aliphatic rings. The number of unbranched alkanes of at least 4 members (excludes halogenated alkanes) is 1. The predicted molar refractivity (Wildman–Crippen MR) is 110 cm³/mol. The summed E-state index contributed by atoms with van der Waals surface area (Å²) in [6, 6.07) is 8.04. The number of thiophene rings is 2. The number of thioether (sulfide) groups is 1. The molecule has 2 amide bonds. The Morgan fingerprint density at radius 2 is 1.81 bits per heavy atom. The minimum absolute atomic E-state index is 0.0126. The van der Waals surface area contributed by atoms with E-state index in [2.05, 4.69) is 6.92 Å². The molecule has 2 aromatic heterocycles. The minimum atomic E-state index is -0.784. The third-order valence-corrected chi connectivity index (χ3v) is 6.43. The van der Waals surface area contributed by atoms with E-state index >= 15 is 0 Å². The van der Waals surface area contributed by atoms with Crippen molar-refractivity contribution in [2.24, 2.45) is 5.73 Å². The van der Waals surface area contributed by atoms with E-state index in [0.717, 1.165) is 29.0 Å². The van der Waals surface area contributed by atoms with Gasteiger partial charge in [-0.2, -0.15) is 0 Å². The van der Waals surface area contributed by atoms with Crippen LogP contribution in [0.4, 0.5) is 9.59 Å². The average Bonchev–Trinajstić information content (AvgIpc) is 3.30. The average molecular weight is 413 g/mol. The third kappa shape index (κ3) is 7.39. The van der Waals surface area contributed by atoms with Gasteiger partial charge in [-0.1, -0.05) is 43.7 Å². The van der Waals surface area contributed by atoms with Crippen molar-refractivity contribution in [1.29, 1.82) is 0 Å². The number of nitrogens with two attached hydrogens (primary N) is 1. The summed E-state index contributed by atoms with van der Waals surface area (Å²) in [7, 11) is 0. The number of ether oxygens (including phenoxy) is 1. The second-order valence-electron chi connectivity index (χ2n) is 5.79. The van der Waals surface area contributed by atoms with Crippen molar-refractivity contribution in [3.05, 3.63) is 44.8 Å². The molecule has 0 unspecified atom stereocenters. The van der Waals surface area contributed by atoms with E-state index in [9.17, 15) is 9.59 Å². The monoisotopic (exact) mass is 412 g/mol. The van der Waals surface area contributed by atoms with Crippen molar-refractivity contribution in [3.63, 3.8) is 0 Å². The minimum Gasteiger partial charge on any atom is -0.446 e. The molecular weight excluding hydrogens is 388 g/mol. The molecule has 0 saturated heterocycles. The molecule has 5 nitrogen and oxygen atoms in total. The Bertz CT molecular complexity index is 623. The van der Waals surface area contributed by atoms with Gasteiger partial charge in [0.05, 0.1) is 13.1 Å². The molecule has 0 saturated carbocycles. The Hall–Kier alpha value is -1.51. The van der Waals surface area contributed by atoms with Gasteiger partial charge >= 0.3 is 6.09 Å². The van der Waals surface area contributed by atoms with Crippen molar-refractivity contribution < 1.29 is 14.3 Å². The maximum Gasteiger partial charge on any atom is 0.404 e. The first kappa shape index (κ1) is 20.8. The van der Waals surface area contributed by atoms with Crippen LogP contribution in [0, 0.1) is 0 Å². The number of carbonyl (C=O) groups is 2. The maximum absolute atomic E-state index is 12.8. The summed E-state index contributed by atoms with van der Waals surface area (Å²) in [5.74, 6) is 0.424. The standard InChI is InChI=1S/C18H24N2O3S3/c1-2-3-6-14(23-17(19)21)13-26-18(22)20(11-15-7-4-9-24-15)12-16-8-5-10-25-16/h4-5,7-10,14H,2-3,6,11-13H2,1H3,(H2,19,21)/t14-/m0/s1. The summed E-state index contributed by atoms with van der Waals surface area (Å²) in [5, 5.41) is 4.01. The van der Waals surface area contributed by atoms with Crippen LogP contribution in [0.5, 0.6) is 0 Å². The van der Waals surface area contributed by atoms with Gasteiger partial charge in [-0.05, 0) is 29.3 Å². The molecule has 1 atom stereocenters. The van der Waals surface area contributed by atoms with Crippen LogP contribution in [0.2, 0.25) is 0 Å². The first-order valence-corrected chi connectivity index (χ1v) is 11.3. The number of hydrogen-bond acceptors (Lipinski definition) is 6. The number of amides is 2. The van der Waals surface area contributed by atoms with Crippen molar-refractivity contribution >= 4 is 45.8 Å². The Balaban J connectivity index is 1.96. The largest absolute Gasteiger partial charge is 0.446 e. The molecule has 0 spiro atoms. The summed E-state index contributed by atoms with van der Waals surface area (Å²) >= 11 is 4.47. The second kappa shape index (κ2) is 11.3. The quantitative estimate of drug-likeness (QED) is 0.573. The molecule has 2 aromatic rings. The van der Waals surface area contributed by atoms with Crippen LogP contribution in [0.3, 0.4) is 0 Å². The van der Waals surface area contributed by atoms with Crippen LogP contribution in [0.15, 0.2) is 35.0 Å². The number of rotatable bonds is 10. The Morgan fingerprint density at radius 1 is 1.19 bits per heavy atom. The van der Waals surface area contributed by atoms with Gasteiger partial charge < -0.3 is 15.4 Å². The van der Waals surface area contributed by atoms with Crippen molar-refractivity contribution in [1.82, 2.24) is 4.90 Å². The highest BCUT2D eigenvalue weighted by Gasteiger charge is 2.20. The predicted octanol–water partition coefficient (Wildman–Crippen LogP) is 5.32. The van der Waals surface area contributed by atoms with Crippen LogP contribution in [-0.2, 0) is 17.8 Å². The molecule has 142 valence electrons. The fourth-order valence-electron chi connectivity index (χ4n) is 2.39. The molecule has 2 rings (SSSR count). The second-order valence-corrected chi connectivity index (χ2v) is 8.83. The van der Waals surface area contributed by atoms with E-state index in [4.69, 9.17) is 10.5 Å². The highest BCUT2D eigenvalue weighted by atomic mass is 32.2. The fraction of sp³-hybridized carbons (Fsp3) is 0.444. The SMILES string of the molecule is CCCC[C@@H](CSC(=O)N(Cc1cccs1)Cc1cccs1)OC(N)=O. The van der Waals surface area contributed by atoms with Gasteiger partial charge in [0, 0.05) is 15.5 Å². The number of primary amides is 1. The Kier molecular flexibility index (Phi) is 9.00. The van der Waals surface area contributed by atoms with Crippen molar-refractivity contribution in [2.45, 2.75) is 45.4 Å². The molecule has 2 heterocycles. The topological polar surface area (TPSA) is 72.6 Å². The van der Waals surface area contributed by atoms with E-state index in [0.29, 0.717) is 18.8 Å². The van der Waals surface area contributed by atoms with E-state index in [1.54, 1.807) is 22.7 Å². The summed E-state index contributed by atoms with van der Waals surface area (Å²) < 4.78 is 5.15. The van der Waals surface area contributed by atoms with E-state index in [1.165, 1.54) is 11.8 Å². The first-order valence-electron chi connectivity index (χ1n) is 8.51. The lowest BCUT2D eigenvalue weighted by atomic mass is 10.2. The van der Waals surface area contributed by atoms with Crippen LogP contribution >= 0.6 is 34.4 Å². The number of nitrogens with zero attached hydrogens (tertiary/aromatic N) is 1. The van der Waals surface area contributed by atoms with Crippen LogP contribution < -0.4 is 5.73 Å². The molecule has 0 aliphatic carbocycles. The smallest absolute Gasteiger partial charge is 0.404 e. The summed E-state index contributed by atoms with van der Waals surface area (Å²) in [6.45, 7) is 3.23. The van der Waals surface area contributed by atoms with Crippen LogP contribution in [0.25, 0.3) is 0 Å². The van der Waals surface area contributed by atoms with Gasteiger partial charge in [0.2, 0.25) is 0 Å². The Morgan fingerprint density at radius 3 is 2.27 bits per heavy atom. The number of carbonyl (C=O) groups excluding carboxylic acids is 2. The number of hydrogen-bond donors (Lipinski definition) is 1. The van der Waals surface area contributed by atoms with Gasteiger partial charge in [0.1, 0.15) is 6.10 Å². The zero-order valence-corrected chi connectivity index (χ0v) is 17.2. The van der Waals surface area contributed by atoms with Gasteiger partial charge in [0.15, 0.2) is 0 Å². The highest BCUT2D eigenvalue weighted by Crippen LogP contribution is 2.22. The van der Waals surface area contributed by atoms with E-state index in [1.807, 2.05) is 39.9 Å². The van der Waals surface area contributed by atoms with Crippen LogP contribution in [-0.4, -0.2) is 28.1 Å². The maximum atomic E-state index is 12.8. The molecule has 0 fully saturated rings. The molecule has 8 heteroatoms. The zero-order valence-electron chi connectivity index (χ0n) is 14.8. The molecule has 0 radical (unpaired) electrons. The lowest BCUT2D eigenvalue weighted by molar-refractivity contribution is 0.112. The first-order chi connectivity index (χ1) is 12.6. The third-order valence-electron chi connectivity index (χ3n) is 3.67. The van der Waals surface area contributed by atoms with Crippen molar-refractivity contribution in [3.8, 4) is 0 Å². The molecular formula is C18H24N2O3S3. The molecule has 0 aliphatic heterocycles. The van der Waals surface area contributed by atoms with Gasteiger partial charge in [-0.25, -0.2) is 4.79 Å². The summed E-state index contributed by atoms with van der Waals surface area (Å²) in [4.78, 5) is 28.0. The lowest BCUT2D eigenvalue weighted by Gasteiger charge is -2.22. The van der Waals surface area contributed by atoms with Gasteiger partial charge in [0.25, 0.3) is 5.24 Å². The molecule has 0 aromatic carbocycles. The highest BCUT2D eigenvalue weighted by molar-refractivity contribution is 8.13. The molecule has 26 heavy (non-hydrogen) atoms. The Labute approximate surface area is 166 Å². The van der Waals surface area contributed by atoms with Gasteiger partial charge in [-0.3, -0.25) is 4.79 Å². The van der Waals surface area contributed by atoms with Gasteiger partial charge in [-0.15, -0.1) is 22.7 Å². The zero-order chi connectivity index (χ0) is 18.8.